The highest BCUT2D eigenvalue weighted by Crippen LogP contribution is 2.14. The van der Waals surface area contributed by atoms with Gasteiger partial charge >= 0.3 is 0 Å². The van der Waals surface area contributed by atoms with Crippen LogP contribution in [0.25, 0.3) is 0 Å². The Balaban J connectivity index is 1.73. The molecule has 0 aliphatic rings. The van der Waals surface area contributed by atoms with E-state index in [1.165, 1.54) is 4.88 Å². The summed E-state index contributed by atoms with van der Waals surface area (Å²) >= 11 is 1.63. The molecule has 1 heterocycles. The lowest BCUT2D eigenvalue weighted by Crippen LogP contribution is -2.31. The lowest BCUT2D eigenvalue weighted by atomic mass is 10.3. The minimum atomic E-state index is -0.585. The first-order valence-corrected chi connectivity index (χ1v) is 7.01. The number of amides is 1. The van der Waals surface area contributed by atoms with E-state index < -0.39 is 11.6 Å². The van der Waals surface area contributed by atoms with Gasteiger partial charge in [-0.25, -0.2) is 8.78 Å². The Morgan fingerprint density at radius 1 is 1.25 bits per heavy atom. The first-order chi connectivity index (χ1) is 9.65. The molecule has 2 N–H and O–H groups in total. The molecule has 0 aliphatic heterocycles. The zero-order valence-corrected chi connectivity index (χ0v) is 11.5. The van der Waals surface area contributed by atoms with Crippen molar-refractivity contribution in [1.29, 1.82) is 0 Å². The maximum Gasteiger partial charge on any atom is 0.239 e. The molecule has 106 valence electrons. The molecule has 6 heteroatoms. The first kappa shape index (κ1) is 14.5. The van der Waals surface area contributed by atoms with Gasteiger partial charge < -0.3 is 10.6 Å². The van der Waals surface area contributed by atoms with Crippen LogP contribution in [-0.4, -0.2) is 19.0 Å². The predicted octanol–water partition coefficient (Wildman–Crippen LogP) is 2.80. The molecular weight excluding hydrogens is 282 g/mol. The summed E-state index contributed by atoms with van der Waals surface area (Å²) < 4.78 is 26.2. The third-order valence-corrected chi connectivity index (χ3v) is 3.58. The van der Waals surface area contributed by atoms with Crippen LogP contribution in [0.15, 0.2) is 35.7 Å². The third-order valence-electron chi connectivity index (χ3n) is 2.64. The molecule has 2 aromatic rings. The molecule has 0 aliphatic carbocycles. The number of hydrogen-bond acceptors (Lipinski definition) is 3. The van der Waals surface area contributed by atoms with Crippen molar-refractivity contribution in [3.63, 3.8) is 0 Å². The highest BCUT2D eigenvalue weighted by Gasteiger charge is 2.06. The average molecular weight is 296 g/mol. The number of nitrogens with one attached hydrogen (secondary N) is 2. The van der Waals surface area contributed by atoms with Gasteiger partial charge in [0.25, 0.3) is 0 Å². The number of halogens is 2. The summed E-state index contributed by atoms with van der Waals surface area (Å²) in [5.74, 6) is -1.39. The number of rotatable bonds is 6. The molecule has 1 aromatic heterocycles. The summed E-state index contributed by atoms with van der Waals surface area (Å²) in [4.78, 5) is 12.7. The van der Waals surface area contributed by atoms with Crippen LogP contribution in [0, 0.1) is 11.6 Å². The van der Waals surface area contributed by atoms with E-state index >= 15 is 0 Å². The van der Waals surface area contributed by atoms with Crippen molar-refractivity contribution in [2.75, 3.05) is 18.4 Å². The van der Waals surface area contributed by atoms with E-state index in [-0.39, 0.29) is 18.1 Å². The topological polar surface area (TPSA) is 41.1 Å². The summed E-state index contributed by atoms with van der Waals surface area (Å²) in [6, 6.07) is 7.02. The number of anilines is 1. The SMILES string of the molecule is O=C(CNc1cc(F)ccc1F)NCCc1cccs1. The second-order valence-electron chi connectivity index (χ2n) is 4.16. The zero-order valence-electron chi connectivity index (χ0n) is 10.7. The average Bonchev–Trinajstić information content (AvgIpc) is 2.93. The number of hydrogen-bond donors (Lipinski definition) is 2. The maximum atomic E-state index is 13.3. The van der Waals surface area contributed by atoms with Gasteiger partial charge in [-0.1, -0.05) is 6.07 Å². The predicted molar refractivity (Wildman–Crippen MR) is 75.9 cm³/mol. The highest BCUT2D eigenvalue weighted by atomic mass is 32.1. The molecule has 2 rings (SSSR count). The fourth-order valence-electron chi connectivity index (χ4n) is 1.65. The summed E-state index contributed by atoms with van der Waals surface area (Å²) in [6.07, 6.45) is 0.762. The van der Waals surface area contributed by atoms with Crippen LogP contribution in [0.5, 0.6) is 0 Å². The molecule has 0 spiro atoms. The van der Waals surface area contributed by atoms with Crippen LogP contribution in [0.2, 0.25) is 0 Å². The fourth-order valence-corrected chi connectivity index (χ4v) is 2.36. The summed E-state index contributed by atoms with van der Waals surface area (Å²) in [5.41, 5.74) is -0.0154. The molecule has 0 saturated heterocycles. The fraction of sp³-hybridized carbons (Fsp3) is 0.214. The Morgan fingerprint density at radius 3 is 2.85 bits per heavy atom. The van der Waals surface area contributed by atoms with E-state index in [1.54, 1.807) is 11.3 Å². The van der Waals surface area contributed by atoms with E-state index in [9.17, 15) is 13.6 Å². The Morgan fingerprint density at radius 2 is 2.10 bits per heavy atom. The monoisotopic (exact) mass is 296 g/mol. The molecule has 0 bridgehead atoms. The largest absolute Gasteiger partial charge is 0.374 e. The van der Waals surface area contributed by atoms with E-state index in [0.717, 1.165) is 24.6 Å². The normalized spacial score (nSPS) is 10.3. The lowest BCUT2D eigenvalue weighted by molar-refractivity contribution is -0.119. The van der Waals surface area contributed by atoms with Crippen molar-refractivity contribution in [1.82, 2.24) is 5.32 Å². The van der Waals surface area contributed by atoms with Crippen molar-refractivity contribution in [3.8, 4) is 0 Å². The minimum Gasteiger partial charge on any atom is -0.374 e. The Labute approximate surface area is 119 Å². The van der Waals surface area contributed by atoms with Crippen molar-refractivity contribution < 1.29 is 13.6 Å². The third kappa shape index (κ3) is 4.31. The van der Waals surface area contributed by atoms with Crippen LogP contribution < -0.4 is 10.6 Å². The van der Waals surface area contributed by atoms with E-state index in [4.69, 9.17) is 0 Å². The van der Waals surface area contributed by atoms with E-state index in [0.29, 0.717) is 6.54 Å². The highest BCUT2D eigenvalue weighted by molar-refractivity contribution is 7.09. The standard InChI is InChI=1S/C14H14F2N2OS/c15-10-3-4-12(16)13(8-10)18-9-14(19)17-6-5-11-2-1-7-20-11/h1-4,7-8,18H,5-6,9H2,(H,17,19). The smallest absolute Gasteiger partial charge is 0.239 e. The van der Waals surface area contributed by atoms with E-state index in [2.05, 4.69) is 10.6 Å². The molecule has 1 aromatic carbocycles. The van der Waals surface area contributed by atoms with Gasteiger partial charge in [-0.3, -0.25) is 4.79 Å². The number of benzene rings is 1. The van der Waals surface area contributed by atoms with Gasteiger partial charge in [0.15, 0.2) is 0 Å². The molecule has 0 saturated carbocycles. The number of thiophene rings is 1. The molecule has 0 radical (unpaired) electrons. The molecule has 0 unspecified atom stereocenters. The summed E-state index contributed by atoms with van der Waals surface area (Å²) in [7, 11) is 0. The summed E-state index contributed by atoms with van der Waals surface area (Å²) in [6.45, 7) is 0.428. The first-order valence-electron chi connectivity index (χ1n) is 6.13. The number of carbonyl (C=O) groups is 1. The Hall–Kier alpha value is -1.95. The zero-order chi connectivity index (χ0) is 14.4. The maximum absolute atomic E-state index is 13.3. The van der Waals surface area contributed by atoms with Gasteiger partial charge in [0.2, 0.25) is 5.91 Å². The Bertz CT molecular complexity index is 573. The second kappa shape index (κ2) is 7.00. The summed E-state index contributed by atoms with van der Waals surface area (Å²) in [5, 5.41) is 7.26. The van der Waals surface area contributed by atoms with E-state index in [1.807, 2.05) is 17.5 Å². The van der Waals surface area contributed by atoms with Crippen LogP contribution in [0.3, 0.4) is 0 Å². The molecule has 3 nitrogen and oxygen atoms in total. The van der Waals surface area contributed by atoms with Crippen LogP contribution in [0.4, 0.5) is 14.5 Å². The molecule has 1 amide bonds. The quantitative estimate of drug-likeness (QED) is 0.860. The minimum absolute atomic E-state index is 0.0154. The van der Waals surface area contributed by atoms with Gasteiger partial charge in [0, 0.05) is 11.4 Å². The van der Waals surface area contributed by atoms with Gasteiger partial charge in [0.05, 0.1) is 12.2 Å². The molecule has 0 atom stereocenters. The van der Waals surface area contributed by atoms with Crippen molar-refractivity contribution in [3.05, 3.63) is 52.2 Å². The second-order valence-corrected chi connectivity index (χ2v) is 5.19. The van der Waals surface area contributed by atoms with Gasteiger partial charge in [-0.15, -0.1) is 11.3 Å². The van der Waals surface area contributed by atoms with Crippen molar-refractivity contribution in [2.24, 2.45) is 0 Å². The van der Waals surface area contributed by atoms with Crippen LogP contribution in [0.1, 0.15) is 4.88 Å². The Kier molecular flexibility index (Phi) is 5.06. The molecular formula is C14H14F2N2OS. The molecule has 0 fully saturated rings. The van der Waals surface area contributed by atoms with Gasteiger partial charge in [-0.2, -0.15) is 0 Å². The van der Waals surface area contributed by atoms with Gasteiger partial charge in [-0.05, 0) is 36.1 Å². The number of carbonyl (C=O) groups excluding carboxylic acids is 1. The van der Waals surface area contributed by atoms with Crippen LogP contribution in [-0.2, 0) is 11.2 Å². The van der Waals surface area contributed by atoms with Crippen molar-refractivity contribution in [2.45, 2.75) is 6.42 Å². The lowest BCUT2D eigenvalue weighted by Gasteiger charge is -2.08. The van der Waals surface area contributed by atoms with Crippen LogP contribution >= 0.6 is 11.3 Å². The van der Waals surface area contributed by atoms with Gasteiger partial charge in [0.1, 0.15) is 11.6 Å². The van der Waals surface area contributed by atoms with Crippen molar-refractivity contribution >= 4 is 22.9 Å². The molecule has 20 heavy (non-hydrogen) atoms.